The maximum Gasteiger partial charge on any atom is 0.139 e. The van der Waals surface area contributed by atoms with Crippen LogP contribution >= 0.6 is 0 Å². The Labute approximate surface area is 251 Å². The molecule has 204 valence electrons. The summed E-state index contributed by atoms with van der Waals surface area (Å²) in [6.07, 6.45) is 1.95. The van der Waals surface area contributed by atoms with E-state index in [1.807, 2.05) is 41.1 Å². The first kappa shape index (κ1) is 28.0. The first-order chi connectivity index (χ1) is 18.6. The van der Waals surface area contributed by atoms with Gasteiger partial charge < -0.3 is 5.11 Å². The molecule has 0 unspecified atom stereocenters. The summed E-state index contributed by atoms with van der Waals surface area (Å²) in [5.74, 6) is 0.221. The van der Waals surface area contributed by atoms with Gasteiger partial charge in [-0.3, -0.25) is 14.5 Å². The zero-order valence-electron chi connectivity index (χ0n) is 23.3. The van der Waals surface area contributed by atoms with Crippen molar-refractivity contribution in [1.82, 2.24) is 14.5 Å². The molecule has 0 aliphatic rings. The molecule has 6 aromatic rings. The van der Waals surface area contributed by atoms with Crippen molar-refractivity contribution >= 4 is 40.5 Å². The molecule has 3 aromatic heterocycles. The maximum atomic E-state index is 10.7. The average Bonchev–Trinajstić information content (AvgIpc) is 3.26. The summed E-state index contributed by atoms with van der Waals surface area (Å²) in [5, 5.41) is 15.2. The van der Waals surface area contributed by atoms with Crippen molar-refractivity contribution in [3.8, 4) is 22.7 Å². The molecule has 0 amide bonds. The number of pyridine rings is 2. The molecule has 40 heavy (non-hydrogen) atoms. The van der Waals surface area contributed by atoms with E-state index in [1.54, 1.807) is 6.07 Å². The van der Waals surface area contributed by atoms with E-state index in [0.717, 1.165) is 38.5 Å². The predicted octanol–water partition coefficient (Wildman–Crippen LogP) is 6.86. The topological polar surface area (TPSA) is 50.9 Å². The number of nitrogens with zero attached hydrogens (tertiary/aromatic N) is 3. The first-order valence-corrected chi connectivity index (χ1v) is 16.3. The van der Waals surface area contributed by atoms with Gasteiger partial charge in [-0.15, -0.1) is 35.0 Å². The minimum atomic E-state index is -2.11. The molecular formula is C34H32N3OPtSi-. The van der Waals surface area contributed by atoms with E-state index in [1.165, 1.54) is 10.8 Å². The number of aromatic hydroxyl groups is 1. The van der Waals surface area contributed by atoms with Gasteiger partial charge in [0.1, 0.15) is 19.5 Å². The van der Waals surface area contributed by atoms with E-state index in [0.29, 0.717) is 5.69 Å². The monoisotopic (exact) mass is 721 g/mol. The molecule has 4 nitrogen and oxygen atoms in total. The minimum Gasteiger partial charge on any atom is -0.506 e. The summed E-state index contributed by atoms with van der Waals surface area (Å²) >= 11 is 0. The van der Waals surface area contributed by atoms with Crippen molar-refractivity contribution in [2.75, 3.05) is 0 Å². The Kier molecular flexibility index (Phi) is 7.32. The molecule has 0 radical (unpaired) electrons. The number of benzene rings is 3. The number of para-hydroxylation sites is 3. The Balaban J connectivity index is 0.00000323. The average molecular weight is 722 g/mol. The van der Waals surface area contributed by atoms with Crippen LogP contribution in [-0.2, 0) is 26.5 Å². The molecule has 0 fully saturated rings. The molecule has 6 rings (SSSR count). The standard InChI is InChI=1S/C34H32N3OSi.Pt/c1-34(2,3)24-19-20-35-32(22-24)39(4,5)25-12-10-11-23(21-25)28-18-17-27-26-13-6-7-14-29(26)37(33(27)36-28)30-15-8-9-16-31(30)38;/h6-20,22,38H,1-5H3;/q-1;. The van der Waals surface area contributed by atoms with Gasteiger partial charge in [-0.05, 0) is 47.0 Å². The normalized spacial score (nSPS) is 12.0. The van der Waals surface area contributed by atoms with E-state index >= 15 is 0 Å². The van der Waals surface area contributed by atoms with E-state index < -0.39 is 8.07 Å². The summed E-state index contributed by atoms with van der Waals surface area (Å²) in [5.41, 5.74) is 5.71. The zero-order valence-corrected chi connectivity index (χ0v) is 26.6. The molecule has 0 aliphatic carbocycles. The van der Waals surface area contributed by atoms with Crippen molar-refractivity contribution < 1.29 is 26.2 Å². The molecule has 0 bridgehead atoms. The van der Waals surface area contributed by atoms with Crippen LogP contribution in [0, 0.1) is 6.07 Å². The molecule has 0 saturated carbocycles. The Hall–Kier alpha value is -3.53. The van der Waals surface area contributed by atoms with E-state index in [2.05, 4.69) is 94.5 Å². The van der Waals surface area contributed by atoms with Crippen LogP contribution in [0.4, 0.5) is 0 Å². The third kappa shape index (κ3) is 4.82. The molecule has 3 aromatic carbocycles. The third-order valence-electron chi connectivity index (χ3n) is 7.66. The Morgan fingerprint density at radius 2 is 1.57 bits per heavy atom. The number of hydrogen-bond acceptors (Lipinski definition) is 3. The minimum absolute atomic E-state index is 0. The van der Waals surface area contributed by atoms with Gasteiger partial charge in [-0.25, -0.2) is 0 Å². The van der Waals surface area contributed by atoms with Crippen molar-refractivity contribution in [2.45, 2.75) is 39.3 Å². The number of rotatable bonds is 4. The predicted molar refractivity (Wildman–Crippen MR) is 164 cm³/mol. The SMILES string of the molecule is CC(C)(C)c1ccnc([Si](C)(C)c2[c-]c(-c3ccc4c5ccccc5n(-c5ccccc5O)c4n3)ccc2)c1.[Pt]. The van der Waals surface area contributed by atoms with Gasteiger partial charge in [0.2, 0.25) is 0 Å². The summed E-state index contributed by atoms with van der Waals surface area (Å²) in [6, 6.07) is 34.4. The fourth-order valence-corrected chi connectivity index (χ4v) is 7.40. The number of phenols is 1. The zero-order chi connectivity index (χ0) is 27.4. The summed E-state index contributed by atoms with van der Waals surface area (Å²) in [4.78, 5) is 9.98. The van der Waals surface area contributed by atoms with Gasteiger partial charge >= 0.3 is 0 Å². The van der Waals surface area contributed by atoms with Crippen LogP contribution in [0.2, 0.25) is 13.1 Å². The van der Waals surface area contributed by atoms with E-state index in [4.69, 9.17) is 9.97 Å². The van der Waals surface area contributed by atoms with Crippen LogP contribution in [0.5, 0.6) is 5.75 Å². The largest absolute Gasteiger partial charge is 0.506 e. The molecule has 1 N–H and O–H groups in total. The van der Waals surface area contributed by atoms with Crippen LogP contribution in [0.1, 0.15) is 26.3 Å². The number of fused-ring (bicyclic) bond motifs is 3. The number of phenolic OH excluding ortho intramolecular Hbond substituents is 1. The van der Waals surface area contributed by atoms with Crippen LogP contribution in [0.3, 0.4) is 0 Å². The number of aromatic nitrogens is 3. The maximum absolute atomic E-state index is 10.7. The molecule has 3 heterocycles. The summed E-state index contributed by atoms with van der Waals surface area (Å²) in [7, 11) is -2.11. The summed E-state index contributed by atoms with van der Waals surface area (Å²) in [6.45, 7) is 11.4. The quantitative estimate of drug-likeness (QED) is 0.160. The van der Waals surface area contributed by atoms with Gasteiger partial charge in [0.05, 0.1) is 11.2 Å². The van der Waals surface area contributed by atoms with Gasteiger partial charge in [-0.1, -0.05) is 76.3 Å². The van der Waals surface area contributed by atoms with Crippen molar-refractivity contribution in [1.29, 1.82) is 0 Å². The molecular weight excluding hydrogens is 690 g/mol. The van der Waals surface area contributed by atoms with Gasteiger partial charge in [0.15, 0.2) is 0 Å². The van der Waals surface area contributed by atoms with E-state index in [9.17, 15) is 5.11 Å². The van der Waals surface area contributed by atoms with Crippen molar-refractivity contribution in [3.05, 3.63) is 109 Å². The van der Waals surface area contributed by atoms with Crippen molar-refractivity contribution in [3.63, 3.8) is 0 Å². The molecule has 0 saturated heterocycles. The van der Waals surface area contributed by atoms with Gasteiger partial charge in [0.25, 0.3) is 0 Å². The fraction of sp³-hybridized carbons (Fsp3) is 0.176. The van der Waals surface area contributed by atoms with Gasteiger partial charge in [0, 0.05) is 43.4 Å². The van der Waals surface area contributed by atoms with Crippen LogP contribution < -0.4 is 10.5 Å². The second kappa shape index (κ2) is 10.5. The fourth-order valence-electron chi connectivity index (χ4n) is 5.25. The van der Waals surface area contributed by atoms with Crippen LogP contribution in [0.15, 0.2) is 97.2 Å². The third-order valence-corrected chi connectivity index (χ3v) is 10.8. The van der Waals surface area contributed by atoms with Crippen molar-refractivity contribution in [2.24, 2.45) is 0 Å². The van der Waals surface area contributed by atoms with Crippen LogP contribution in [-0.4, -0.2) is 27.7 Å². The molecule has 6 heteroatoms. The Bertz CT molecular complexity index is 1850. The van der Waals surface area contributed by atoms with Crippen LogP contribution in [0.25, 0.3) is 38.9 Å². The molecule has 0 atom stereocenters. The Morgan fingerprint density at radius 1 is 0.825 bits per heavy atom. The van der Waals surface area contributed by atoms with Gasteiger partial charge in [-0.2, -0.15) is 0 Å². The number of hydrogen-bond donors (Lipinski definition) is 1. The second-order valence-electron chi connectivity index (χ2n) is 11.7. The smallest absolute Gasteiger partial charge is 0.139 e. The molecule has 0 aliphatic heterocycles. The summed E-state index contributed by atoms with van der Waals surface area (Å²) < 4.78 is 2.05. The molecule has 0 spiro atoms. The Morgan fingerprint density at radius 3 is 2.35 bits per heavy atom. The van der Waals surface area contributed by atoms with E-state index in [-0.39, 0.29) is 32.2 Å². The second-order valence-corrected chi connectivity index (χ2v) is 16.0. The first-order valence-electron chi connectivity index (χ1n) is 13.3.